The Morgan fingerprint density at radius 1 is 0.750 bits per heavy atom. The first-order valence-electron chi connectivity index (χ1n) is 9.20. The van der Waals surface area contributed by atoms with Crippen molar-refractivity contribution >= 4 is 0 Å². The second-order valence-corrected chi connectivity index (χ2v) is 6.68. The van der Waals surface area contributed by atoms with E-state index >= 15 is 0 Å². The fourth-order valence-electron chi connectivity index (χ4n) is 3.43. The summed E-state index contributed by atoms with van der Waals surface area (Å²) in [6.45, 7) is 9.01. The standard InChI is InChI=1S/C18H37N.FH/c1-3-5-6-7-8-9-10-11-12-15-19-16-13-18(4-2)14-17-19;/h18H,3-17H2,1-2H3;1H. The third kappa shape index (κ3) is 9.74. The van der Waals surface area contributed by atoms with Gasteiger partial charge in [-0.25, -0.2) is 0 Å². The molecule has 0 bridgehead atoms. The molecule has 0 saturated carbocycles. The average molecular weight is 288 g/mol. The van der Waals surface area contributed by atoms with Crippen LogP contribution in [0.15, 0.2) is 0 Å². The second-order valence-electron chi connectivity index (χ2n) is 6.68. The monoisotopic (exact) mass is 287 g/mol. The van der Waals surface area contributed by atoms with E-state index in [1.807, 2.05) is 4.90 Å². The van der Waals surface area contributed by atoms with E-state index in [2.05, 4.69) is 13.8 Å². The first-order chi connectivity index (χ1) is 9.36. The molecule has 0 aromatic carbocycles. The Labute approximate surface area is 126 Å². The number of quaternary nitrogens is 1. The fraction of sp³-hybridized carbons (Fsp3) is 1.00. The molecule has 0 aliphatic carbocycles. The molecule has 0 radical (unpaired) electrons. The molecule has 122 valence electrons. The van der Waals surface area contributed by atoms with Gasteiger partial charge >= 0.3 is 0 Å². The van der Waals surface area contributed by atoms with Gasteiger partial charge in [-0.1, -0.05) is 65.2 Å². The zero-order valence-electron chi connectivity index (χ0n) is 14.1. The summed E-state index contributed by atoms with van der Waals surface area (Å²) >= 11 is 0. The Balaban J connectivity index is 0.00000361. The van der Waals surface area contributed by atoms with Gasteiger partial charge in [0.2, 0.25) is 0 Å². The van der Waals surface area contributed by atoms with Crippen molar-refractivity contribution < 1.29 is 9.60 Å². The van der Waals surface area contributed by atoms with Crippen LogP contribution in [0.2, 0.25) is 0 Å². The lowest BCUT2D eigenvalue weighted by Gasteiger charge is -2.28. The molecule has 1 nitrogen and oxygen atoms in total. The molecule has 0 unspecified atom stereocenters. The summed E-state index contributed by atoms with van der Waals surface area (Å²) in [7, 11) is 0. The quantitative estimate of drug-likeness (QED) is 0.545. The molecule has 1 heterocycles. The van der Waals surface area contributed by atoms with Gasteiger partial charge in [0.15, 0.2) is 0 Å². The van der Waals surface area contributed by atoms with Crippen molar-refractivity contribution in [3.05, 3.63) is 0 Å². The topological polar surface area (TPSA) is 4.44 Å². The van der Waals surface area contributed by atoms with E-state index in [4.69, 9.17) is 0 Å². The van der Waals surface area contributed by atoms with Crippen molar-refractivity contribution in [2.75, 3.05) is 19.6 Å². The fourth-order valence-corrected chi connectivity index (χ4v) is 3.43. The molecule has 0 atom stereocenters. The first kappa shape index (κ1) is 19.9. The molecule has 1 aliphatic heterocycles. The summed E-state index contributed by atoms with van der Waals surface area (Å²) in [4.78, 5) is 1.90. The van der Waals surface area contributed by atoms with E-state index in [0.29, 0.717) is 0 Å². The van der Waals surface area contributed by atoms with Crippen molar-refractivity contribution in [3.63, 3.8) is 0 Å². The van der Waals surface area contributed by atoms with Crippen LogP contribution < -0.4 is 9.60 Å². The van der Waals surface area contributed by atoms with Gasteiger partial charge < -0.3 is 9.60 Å². The highest BCUT2D eigenvalue weighted by Crippen LogP contribution is 2.13. The van der Waals surface area contributed by atoms with Crippen molar-refractivity contribution in [1.82, 2.24) is 0 Å². The lowest BCUT2D eigenvalue weighted by atomic mass is 9.94. The zero-order valence-corrected chi connectivity index (χ0v) is 14.1. The van der Waals surface area contributed by atoms with Crippen molar-refractivity contribution in [2.24, 2.45) is 5.92 Å². The second kappa shape index (κ2) is 13.9. The van der Waals surface area contributed by atoms with Crippen LogP contribution in [0.25, 0.3) is 0 Å². The number of nitrogens with one attached hydrogen (secondary N) is 1. The van der Waals surface area contributed by atoms with Gasteiger partial charge in [-0.15, -0.1) is 0 Å². The number of hydrogen-bond acceptors (Lipinski definition) is 0. The maximum absolute atomic E-state index is 2.36. The van der Waals surface area contributed by atoms with E-state index in [1.165, 1.54) is 96.7 Å². The van der Waals surface area contributed by atoms with E-state index in [0.717, 1.165) is 5.92 Å². The minimum atomic E-state index is 0. The van der Waals surface area contributed by atoms with Gasteiger partial charge in [0.25, 0.3) is 0 Å². The van der Waals surface area contributed by atoms with Gasteiger partial charge in [0.05, 0.1) is 19.6 Å². The summed E-state index contributed by atoms with van der Waals surface area (Å²) < 4.78 is 0. The van der Waals surface area contributed by atoms with Crippen LogP contribution in [0.5, 0.6) is 0 Å². The molecule has 1 N–H and O–H groups in total. The van der Waals surface area contributed by atoms with E-state index in [9.17, 15) is 0 Å². The van der Waals surface area contributed by atoms with Crippen LogP contribution in [-0.2, 0) is 0 Å². The van der Waals surface area contributed by atoms with Crippen LogP contribution >= 0.6 is 0 Å². The number of halogens is 1. The Bertz CT molecular complexity index is 188. The zero-order chi connectivity index (χ0) is 13.8. The number of unbranched alkanes of at least 4 members (excludes halogenated alkanes) is 8. The maximum atomic E-state index is 2.36. The summed E-state index contributed by atoms with van der Waals surface area (Å²) in [5, 5.41) is 0. The highest BCUT2D eigenvalue weighted by Gasteiger charge is 2.19. The largest absolute Gasteiger partial charge is 1.00 e. The molecule has 1 rings (SSSR count). The van der Waals surface area contributed by atoms with Gasteiger partial charge in [-0.3, -0.25) is 0 Å². The van der Waals surface area contributed by atoms with Gasteiger partial charge in [-0.2, -0.15) is 0 Å². The molecule has 0 spiro atoms. The SMILES string of the molecule is CCCCCCCCCCC[NH+]1CCC(CC)CC1.[F-]. The lowest BCUT2D eigenvalue weighted by molar-refractivity contribution is -0.906. The van der Waals surface area contributed by atoms with Crippen LogP contribution in [0.3, 0.4) is 0 Å². The molecule has 1 fully saturated rings. The van der Waals surface area contributed by atoms with E-state index in [-0.39, 0.29) is 4.70 Å². The number of likely N-dealkylation sites (tertiary alicyclic amines) is 1. The Morgan fingerprint density at radius 3 is 1.75 bits per heavy atom. The van der Waals surface area contributed by atoms with Crippen molar-refractivity contribution in [2.45, 2.75) is 90.9 Å². The molecule has 20 heavy (non-hydrogen) atoms. The van der Waals surface area contributed by atoms with Crippen molar-refractivity contribution in [1.29, 1.82) is 0 Å². The summed E-state index contributed by atoms with van der Waals surface area (Å²) in [6, 6.07) is 0. The normalized spacial score (nSPS) is 22.5. The highest BCUT2D eigenvalue weighted by molar-refractivity contribution is 4.59. The third-order valence-corrected chi connectivity index (χ3v) is 5.02. The number of hydrogen-bond donors (Lipinski definition) is 1. The van der Waals surface area contributed by atoms with Gasteiger partial charge in [0, 0.05) is 0 Å². The number of piperidine rings is 1. The van der Waals surface area contributed by atoms with Crippen LogP contribution in [-0.4, -0.2) is 19.6 Å². The Morgan fingerprint density at radius 2 is 1.25 bits per heavy atom. The summed E-state index contributed by atoms with van der Waals surface area (Å²) in [6.07, 6.45) is 17.5. The molecule has 2 heteroatoms. The van der Waals surface area contributed by atoms with Crippen LogP contribution in [0.4, 0.5) is 0 Å². The molecule has 1 saturated heterocycles. The molecule has 1 aliphatic rings. The van der Waals surface area contributed by atoms with Gasteiger partial charge in [-0.05, 0) is 31.6 Å². The maximum Gasteiger partial charge on any atom is 0.0773 e. The van der Waals surface area contributed by atoms with Gasteiger partial charge in [0.1, 0.15) is 0 Å². The Kier molecular flexibility index (Phi) is 13.8. The summed E-state index contributed by atoms with van der Waals surface area (Å²) in [5.41, 5.74) is 0. The predicted octanol–water partition coefficient (Wildman–Crippen LogP) is 1.23. The lowest BCUT2D eigenvalue weighted by Crippen LogP contribution is -3.13. The number of rotatable bonds is 11. The van der Waals surface area contributed by atoms with E-state index < -0.39 is 0 Å². The first-order valence-corrected chi connectivity index (χ1v) is 9.20. The minimum Gasteiger partial charge on any atom is -1.00 e. The Hall–Kier alpha value is -0.110. The van der Waals surface area contributed by atoms with Crippen molar-refractivity contribution in [3.8, 4) is 0 Å². The van der Waals surface area contributed by atoms with E-state index in [1.54, 1.807) is 0 Å². The molecular formula is C18H38FN. The molecule has 0 aromatic rings. The highest BCUT2D eigenvalue weighted by atomic mass is 19.0. The smallest absolute Gasteiger partial charge is 0.0773 e. The minimum absolute atomic E-state index is 0. The molecule has 0 amide bonds. The summed E-state index contributed by atoms with van der Waals surface area (Å²) in [5.74, 6) is 1.05. The van der Waals surface area contributed by atoms with Crippen LogP contribution in [0.1, 0.15) is 90.9 Å². The van der Waals surface area contributed by atoms with Crippen LogP contribution in [0, 0.1) is 5.92 Å². The molecule has 0 aromatic heterocycles. The third-order valence-electron chi connectivity index (χ3n) is 5.02. The predicted molar refractivity (Wildman–Crippen MR) is 85.8 cm³/mol. The molecular weight excluding hydrogens is 249 g/mol. The average Bonchev–Trinajstić information content (AvgIpc) is 2.46.